The second-order valence-electron chi connectivity index (χ2n) is 7.64. The van der Waals surface area contributed by atoms with Crippen molar-refractivity contribution in [2.45, 2.75) is 44.7 Å². The van der Waals surface area contributed by atoms with Gasteiger partial charge >= 0.3 is 0 Å². The number of rotatable bonds is 7. The summed E-state index contributed by atoms with van der Waals surface area (Å²) in [6.07, 6.45) is 0. The van der Waals surface area contributed by atoms with Crippen LogP contribution in [0.3, 0.4) is 0 Å². The highest BCUT2D eigenvalue weighted by Crippen LogP contribution is 2.32. The molecule has 0 spiro atoms. The standard InChI is InChI=1S/C22H26ClN5OS/c1-13(2)17-9-6-10-18(14(3)4)20(17)25-19(29)12-30-22-27-26-21(28(22)24)15-7-5-8-16(23)11-15/h5-11,13-14H,12,24H2,1-4H3,(H,25,29). The van der Waals surface area contributed by atoms with E-state index in [1.807, 2.05) is 18.2 Å². The van der Waals surface area contributed by atoms with Gasteiger partial charge in [0.1, 0.15) is 0 Å². The van der Waals surface area contributed by atoms with Crippen LogP contribution in [0.15, 0.2) is 47.6 Å². The smallest absolute Gasteiger partial charge is 0.234 e. The fourth-order valence-electron chi connectivity index (χ4n) is 3.20. The first-order valence-corrected chi connectivity index (χ1v) is 11.2. The molecule has 1 aromatic heterocycles. The fourth-order valence-corrected chi connectivity index (χ4v) is 4.05. The van der Waals surface area contributed by atoms with Gasteiger partial charge in [0, 0.05) is 16.3 Å². The lowest BCUT2D eigenvalue weighted by Crippen LogP contribution is -2.19. The number of anilines is 1. The maximum Gasteiger partial charge on any atom is 0.234 e. The lowest BCUT2D eigenvalue weighted by atomic mass is 9.92. The Morgan fingerprint density at radius 2 is 1.73 bits per heavy atom. The lowest BCUT2D eigenvalue weighted by molar-refractivity contribution is -0.113. The SMILES string of the molecule is CC(C)c1cccc(C(C)C)c1NC(=O)CSc1nnc(-c2cccc(Cl)c2)n1N. The molecule has 0 bridgehead atoms. The molecule has 0 radical (unpaired) electrons. The van der Waals surface area contributed by atoms with Gasteiger partial charge in [-0.3, -0.25) is 4.79 Å². The summed E-state index contributed by atoms with van der Waals surface area (Å²) in [5, 5.41) is 12.4. The number of hydrogen-bond donors (Lipinski definition) is 2. The van der Waals surface area contributed by atoms with Crippen LogP contribution in [0.4, 0.5) is 5.69 Å². The molecule has 0 fully saturated rings. The van der Waals surface area contributed by atoms with Gasteiger partial charge in [-0.05, 0) is 35.1 Å². The third-order valence-electron chi connectivity index (χ3n) is 4.72. The molecule has 0 saturated carbocycles. The monoisotopic (exact) mass is 443 g/mol. The predicted octanol–water partition coefficient (Wildman–Crippen LogP) is 5.29. The topological polar surface area (TPSA) is 85.8 Å². The summed E-state index contributed by atoms with van der Waals surface area (Å²) in [4.78, 5) is 12.7. The number of amides is 1. The van der Waals surface area contributed by atoms with Crippen molar-refractivity contribution < 1.29 is 4.79 Å². The largest absolute Gasteiger partial charge is 0.335 e. The number of nitrogens with one attached hydrogen (secondary N) is 1. The first kappa shape index (κ1) is 22.2. The van der Waals surface area contributed by atoms with Crippen LogP contribution < -0.4 is 11.2 Å². The Hall–Kier alpha value is -2.51. The van der Waals surface area contributed by atoms with Gasteiger partial charge < -0.3 is 11.2 Å². The van der Waals surface area contributed by atoms with Gasteiger partial charge in [0.2, 0.25) is 11.1 Å². The second kappa shape index (κ2) is 9.53. The van der Waals surface area contributed by atoms with E-state index in [0.717, 1.165) is 22.4 Å². The molecule has 0 aliphatic heterocycles. The number of aromatic nitrogens is 3. The highest BCUT2D eigenvalue weighted by Gasteiger charge is 2.18. The van der Waals surface area contributed by atoms with Gasteiger partial charge in [-0.1, -0.05) is 81.4 Å². The molecule has 3 N–H and O–H groups in total. The molecular formula is C22H26ClN5OS. The van der Waals surface area contributed by atoms with Gasteiger partial charge in [0.15, 0.2) is 5.82 Å². The van der Waals surface area contributed by atoms with Crippen molar-refractivity contribution in [1.29, 1.82) is 0 Å². The third-order valence-corrected chi connectivity index (χ3v) is 5.90. The van der Waals surface area contributed by atoms with E-state index in [4.69, 9.17) is 17.4 Å². The molecule has 1 amide bonds. The van der Waals surface area contributed by atoms with Gasteiger partial charge in [-0.15, -0.1) is 10.2 Å². The number of hydrogen-bond acceptors (Lipinski definition) is 5. The number of carbonyl (C=O) groups is 1. The van der Waals surface area contributed by atoms with Crippen LogP contribution in [-0.2, 0) is 4.79 Å². The van der Waals surface area contributed by atoms with Crippen LogP contribution in [0.5, 0.6) is 0 Å². The zero-order valence-electron chi connectivity index (χ0n) is 17.5. The van der Waals surface area contributed by atoms with E-state index >= 15 is 0 Å². The van der Waals surface area contributed by atoms with Gasteiger partial charge in [-0.25, -0.2) is 4.68 Å². The average Bonchev–Trinajstić information content (AvgIpc) is 3.06. The Labute approximate surface area is 186 Å². The Kier molecular flexibility index (Phi) is 7.05. The minimum absolute atomic E-state index is 0.109. The number of nitrogen functional groups attached to an aromatic ring is 1. The van der Waals surface area contributed by atoms with E-state index in [1.54, 1.807) is 12.1 Å². The second-order valence-corrected chi connectivity index (χ2v) is 9.02. The number of thioether (sulfide) groups is 1. The van der Waals surface area contributed by atoms with Crippen LogP contribution in [0, 0.1) is 0 Å². The maximum atomic E-state index is 12.7. The molecule has 8 heteroatoms. The number of nitrogens with two attached hydrogens (primary N) is 1. The Balaban J connectivity index is 1.74. The van der Waals surface area contributed by atoms with Crippen LogP contribution in [0.1, 0.15) is 50.7 Å². The van der Waals surface area contributed by atoms with Gasteiger partial charge in [0.05, 0.1) is 5.75 Å². The molecule has 0 aliphatic carbocycles. The molecule has 0 aliphatic rings. The molecular weight excluding hydrogens is 418 g/mol. The fraction of sp³-hybridized carbons (Fsp3) is 0.318. The van der Waals surface area contributed by atoms with E-state index in [2.05, 4.69) is 55.3 Å². The van der Waals surface area contributed by atoms with Crippen molar-refractivity contribution in [3.63, 3.8) is 0 Å². The van der Waals surface area contributed by atoms with Crippen molar-refractivity contribution >= 4 is 35.0 Å². The molecule has 30 heavy (non-hydrogen) atoms. The summed E-state index contributed by atoms with van der Waals surface area (Å²) in [6, 6.07) is 13.4. The van der Waals surface area contributed by atoms with Crippen LogP contribution >= 0.6 is 23.4 Å². The predicted molar refractivity (Wildman–Crippen MR) is 125 cm³/mol. The van der Waals surface area contributed by atoms with Gasteiger partial charge in [0.25, 0.3) is 0 Å². The van der Waals surface area contributed by atoms with Crippen molar-refractivity contribution in [3.05, 3.63) is 58.6 Å². The molecule has 158 valence electrons. The maximum absolute atomic E-state index is 12.7. The van der Waals surface area contributed by atoms with Crippen molar-refractivity contribution in [3.8, 4) is 11.4 Å². The summed E-state index contributed by atoms with van der Waals surface area (Å²) in [5.74, 6) is 7.32. The average molecular weight is 444 g/mol. The quantitative estimate of drug-likeness (QED) is 0.382. The van der Waals surface area contributed by atoms with Gasteiger partial charge in [-0.2, -0.15) is 0 Å². The highest BCUT2D eigenvalue weighted by molar-refractivity contribution is 7.99. The zero-order valence-corrected chi connectivity index (χ0v) is 19.1. The first-order chi connectivity index (χ1) is 14.3. The molecule has 6 nitrogen and oxygen atoms in total. The zero-order chi connectivity index (χ0) is 21.8. The molecule has 2 aromatic carbocycles. The molecule has 3 aromatic rings. The van der Waals surface area contributed by atoms with Crippen molar-refractivity contribution in [1.82, 2.24) is 14.9 Å². The molecule has 0 unspecified atom stereocenters. The van der Waals surface area contributed by atoms with Crippen LogP contribution in [0.25, 0.3) is 11.4 Å². The molecule has 0 atom stereocenters. The number of nitrogens with zero attached hydrogens (tertiary/aromatic N) is 3. The van der Waals surface area contributed by atoms with Crippen LogP contribution in [0.2, 0.25) is 5.02 Å². The highest BCUT2D eigenvalue weighted by atomic mass is 35.5. The first-order valence-electron chi connectivity index (χ1n) is 9.79. The summed E-state index contributed by atoms with van der Waals surface area (Å²) in [7, 11) is 0. The summed E-state index contributed by atoms with van der Waals surface area (Å²) >= 11 is 7.29. The van der Waals surface area contributed by atoms with E-state index < -0.39 is 0 Å². The Bertz CT molecular complexity index is 1020. The Morgan fingerprint density at radius 3 is 2.33 bits per heavy atom. The number of benzene rings is 2. The Morgan fingerprint density at radius 1 is 1.10 bits per heavy atom. The number of halogens is 1. The third kappa shape index (κ3) is 4.96. The number of carbonyl (C=O) groups excluding carboxylic acids is 1. The van der Waals surface area contributed by atoms with Crippen LogP contribution in [-0.4, -0.2) is 26.5 Å². The van der Waals surface area contributed by atoms with Crippen molar-refractivity contribution in [2.24, 2.45) is 0 Å². The lowest BCUT2D eigenvalue weighted by Gasteiger charge is -2.20. The van der Waals surface area contributed by atoms with E-state index in [1.165, 1.54) is 16.4 Å². The minimum Gasteiger partial charge on any atom is -0.335 e. The van der Waals surface area contributed by atoms with E-state index in [9.17, 15) is 4.79 Å². The molecule has 1 heterocycles. The van der Waals surface area contributed by atoms with Crippen molar-refractivity contribution in [2.75, 3.05) is 16.9 Å². The number of para-hydroxylation sites is 1. The summed E-state index contributed by atoms with van der Waals surface area (Å²) in [5.41, 5.74) is 3.93. The van der Waals surface area contributed by atoms with E-state index in [0.29, 0.717) is 27.8 Å². The summed E-state index contributed by atoms with van der Waals surface area (Å²) in [6.45, 7) is 8.49. The molecule has 0 saturated heterocycles. The molecule has 3 rings (SSSR count). The summed E-state index contributed by atoms with van der Waals surface area (Å²) < 4.78 is 1.38. The normalized spacial score (nSPS) is 11.3. The minimum atomic E-state index is -0.109. The van der Waals surface area contributed by atoms with E-state index in [-0.39, 0.29) is 11.7 Å².